The van der Waals surface area contributed by atoms with Gasteiger partial charge in [0.05, 0.1) is 16.3 Å². The first kappa shape index (κ1) is 22.0. The van der Waals surface area contributed by atoms with E-state index in [1.165, 1.54) is 23.5 Å². The SMILES string of the molecule is CC(=O)N1CCc2cc(Br)cc(S(=O)(=O)CCC(=O)Nc3cccc4c3CCCC4)c21. The van der Waals surface area contributed by atoms with Crippen LogP contribution in [0.1, 0.15) is 42.9 Å². The minimum atomic E-state index is -3.76. The van der Waals surface area contributed by atoms with E-state index < -0.39 is 9.84 Å². The first-order chi connectivity index (χ1) is 14.8. The lowest BCUT2D eigenvalue weighted by atomic mass is 9.90. The second-order valence-electron chi connectivity index (χ2n) is 8.10. The highest BCUT2D eigenvalue weighted by Crippen LogP contribution is 2.38. The van der Waals surface area contributed by atoms with Gasteiger partial charge in [0, 0.05) is 30.0 Å². The van der Waals surface area contributed by atoms with Gasteiger partial charge in [-0.25, -0.2) is 8.42 Å². The average molecular weight is 505 g/mol. The summed E-state index contributed by atoms with van der Waals surface area (Å²) in [5.41, 5.74) is 4.47. The number of amides is 2. The second-order valence-corrected chi connectivity index (χ2v) is 11.1. The molecular weight excluding hydrogens is 480 g/mol. The van der Waals surface area contributed by atoms with E-state index in [1.54, 1.807) is 0 Å². The van der Waals surface area contributed by atoms with Crippen molar-refractivity contribution >= 4 is 49.0 Å². The summed E-state index contributed by atoms with van der Waals surface area (Å²) in [5.74, 6) is -0.829. The maximum Gasteiger partial charge on any atom is 0.225 e. The summed E-state index contributed by atoms with van der Waals surface area (Å²) >= 11 is 3.38. The molecule has 2 aliphatic rings. The number of anilines is 2. The number of rotatable bonds is 5. The highest BCUT2D eigenvalue weighted by atomic mass is 79.9. The zero-order chi connectivity index (χ0) is 22.2. The number of nitrogens with zero attached hydrogens (tertiary/aromatic N) is 1. The molecule has 1 heterocycles. The molecule has 0 spiro atoms. The number of nitrogens with one attached hydrogen (secondary N) is 1. The van der Waals surface area contributed by atoms with Crippen LogP contribution in [0.5, 0.6) is 0 Å². The van der Waals surface area contributed by atoms with E-state index >= 15 is 0 Å². The Balaban J connectivity index is 1.52. The van der Waals surface area contributed by atoms with Crippen molar-refractivity contribution in [2.75, 3.05) is 22.5 Å². The van der Waals surface area contributed by atoms with Crippen molar-refractivity contribution in [2.24, 2.45) is 0 Å². The zero-order valence-electron chi connectivity index (χ0n) is 17.4. The molecule has 0 saturated carbocycles. The molecule has 6 nitrogen and oxygen atoms in total. The van der Waals surface area contributed by atoms with Gasteiger partial charge in [-0.1, -0.05) is 28.1 Å². The van der Waals surface area contributed by atoms with Crippen LogP contribution < -0.4 is 10.2 Å². The normalized spacial score (nSPS) is 15.4. The minimum Gasteiger partial charge on any atom is -0.326 e. The molecule has 0 unspecified atom stereocenters. The fourth-order valence-corrected chi connectivity index (χ4v) is 6.64. The van der Waals surface area contributed by atoms with Gasteiger partial charge in [-0.05, 0) is 67.0 Å². The molecule has 0 atom stereocenters. The van der Waals surface area contributed by atoms with E-state index in [-0.39, 0.29) is 28.9 Å². The number of carbonyl (C=O) groups excluding carboxylic acids is 2. The van der Waals surface area contributed by atoms with Crippen LogP contribution >= 0.6 is 15.9 Å². The van der Waals surface area contributed by atoms with E-state index in [4.69, 9.17) is 0 Å². The summed E-state index contributed by atoms with van der Waals surface area (Å²) in [6.45, 7) is 1.89. The Bertz CT molecular complexity index is 1160. The molecule has 1 aliphatic carbocycles. The maximum absolute atomic E-state index is 13.2. The summed E-state index contributed by atoms with van der Waals surface area (Å²) in [6, 6.07) is 9.27. The van der Waals surface area contributed by atoms with Gasteiger partial charge in [-0.3, -0.25) is 9.59 Å². The van der Waals surface area contributed by atoms with Gasteiger partial charge in [-0.15, -0.1) is 0 Å². The number of hydrogen-bond acceptors (Lipinski definition) is 4. The number of fused-ring (bicyclic) bond motifs is 2. The molecule has 164 valence electrons. The first-order valence-electron chi connectivity index (χ1n) is 10.5. The number of hydrogen-bond donors (Lipinski definition) is 1. The molecule has 1 aliphatic heterocycles. The minimum absolute atomic E-state index is 0.106. The van der Waals surface area contributed by atoms with E-state index in [0.717, 1.165) is 42.5 Å². The first-order valence-corrected chi connectivity index (χ1v) is 12.9. The van der Waals surface area contributed by atoms with Gasteiger partial charge in [0.25, 0.3) is 0 Å². The highest BCUT2D eigenvalue weighted by molar-refractivity contribution is 9.10. The number of halogens is 1. The quantitative estimate of drug-likeness (QED) is 0.665. The smallest absolute Gasteiger partial charge is 0.225 e. The third kappa shape index (κ3) is 4.55. The van der Waals surface area contributed by atoms with Crippen molar-refractivity contribution in [3.05, 3.63) is 51.5 Å². The summed E-state index contributed by atoms with van der Waals surface area (Å²) in [5, 5.41) is 2.91. The van der Waals surface area contributed by atoms with Gasteiger partial charge in [0.2, 0.25) is 11.8 Å². The Hall–Kier alpha value is -2.19. The van der Waals surface area contributed by atoms with Crippen molar-refractivity contribution in [1.82, 2.24) is 0 Å². The summed E-state index contributed by atoms with van der Waals surface area (Å²) in [6.07, 6.45) is 4.64. The lowest BCUT2D eigenvalue weighted by molar-refractivity contribution is -0.117. The molecular formula is C23H25BrN2O4S. The topological polar surface area (TPSA) is 83.6 Å². The third-order valence-corrected chi connectivity index (χ3v) is 8.16. The van der Waals surface area contributed by atoms with Gasteiger partial charge < -0.3 is 10.2 Å². The molecule has 2 aromatic rings. The Morgan fingerprint density at radius 1 is 1.10 bits per heavy atom. The predicted molar refractivity (Wildman–Crippen MR) is 124 cm³/mol. The van der Waals surface area contributed by atoms with Crippen LogP contribution in [0.3, 0.4) is 0 Å². The van der Waals surface area contributed by atoms with Gasteiger partial charge >= 0.3 is 0 Å². The molecule has 2 amide bonds. The van der Waals surface area contributed by atoms with Crippen molar-refractivity contribution < 1.29 is 18.0 Å². The largest absolute Gasteiger partial charge is 0.326 e. The molecule has 0 saturated heterocycles. The van der Waals surface area contributed by atoms with Crippen molar-refractivity contribution in [3.63, 3.8) is 0 Å². The summed E-state index contributed by atoms with van der Waals surface area (Å²) < 4.78 is 27.0. The van der Waals surface area contributed by atoms with Crippen LogP contribution in [-0.4, -0.2) is 32.5 Å². The highest BCUT2D eigenvalue weighted by Gasteiger charge is 2.31. The third-order valence-electron chi connectivity index (χ3n) is 5.98. The van der Waals surface area contributed by atoms with E-state index in [0.29, 0.717) is 23.1 Å². The standard InChI is InChI=1S/C23H25BrN2O4S/c1-15(27)26-11-9-17-13-18(24)14-21(23(17)26)31(29,30)12-10-22(28)25-20-8-4-6-16-5-2-3-7-19(16)20/h4,6,8,13-14H,2-3,5,7,9-12H2,1H3,(H,25,28). The summed E-state index contributed by atoms with van der Waals surface area (Å²) in [7, 11) is -3.76. The Morgan fingerprint density at radius 2 is 1.87 bits per heavy atom. The molecule has 1 N–H and O–H groups in total. The van der Waals surface area contributed by atoms with Gasteiger partial charge in [-0.2, -0.15) is 0 Å². The van der Waals surface area contributed by atoms with E-state index in [2.05, 4.69) is 27.3 Å². The summed E-state index contributed by atoms with van der Waals surface area (Å²) in [4.78, 5) is 26.2. The van der Waals surface area contributed by atoms with Crippen LogP contribution in [0.2, 0.25) is 0 Å². The number of benzene rings is 2. The van der Waals surface area contributed by atoms with E-state index in [9.17, 15) is 18.0 Å². The van der Waals surface area contributed by atoms with Gasteiger partial charge in [0.15, 0.2) is 9.84 Å². The molecule has 4 rings (SSSR count). The van der Waals surface area contributed by atoms with Crippen LogP contribution in [0.25, 0.3) is 0 Å². The van der Waals surface area contributed by atoms with Crippen LogP contribution in [0.4, 0.5) is 11.4 Å². The monoisotopic (exact) mass is 504 g/mol. The molecule has 0 radical (unpaired) electrons. The van der Waals surface area contributed by atoms with Crippen LogP contribution in [0.15, 0.2) is 39.7 Å². The maximum atomic E-state index is 13.2. The number of sulfone groups is 1. The van der Waals surface area contributed by atoms with Crippen LogP contribution in [0, 0.1) is 0 Å². The number of carbonyl (C=O) groups is 2. The van der Waals surface area contributed by atoms with Crippen LogP contribution in [-0.2, 0) is 38.7 Å². The average Bonchev–Trinajstić information content (AvgIpc) is 3.16. The van der Waals surface area contributed by atoms with Crippen molar-refractivity contribution in [2.45, 2.75) is 50.3 Å². The zero-order valence-corrected chi connectivity index (χ0v) is 19.8. The Kier molecular flexibility index (Phi) is 6.21. The van der Waals surface area contributed by atoms with Crippen molar-refractivity contribution in [3.8, 4) is 0 Å². The Labute approximate surface area is 191 Å². The fourth-order valence-electron chi connectivity index (χ4n) is 4.47. The molecule has 0 fully saturated rings. The lowest BCUT2D eigenvalue weighted by Crippen LogP contribution is -2.28. The molecule has 31 heavy (non-hydrogen) atoms. The molecule has 0 aromatic heterocycles. The molecule has 2 aromatic carbocycles. The Morgan fingerprint density at radius 3 is 2.65 bits per heavy atom. The molecule has 8 heteroatoms. The number of aryl methyl sites for hydroxylation is 1. The predicted octanol–water partition coefficient (Wildman–Crippen LogP) is 4.04. The fraction of sp³-hybridized carbons (Fsp3) is 0.391. The lowest BCUT2D eigenvalue weighted by Gasteiger charge is -2.20. The van der Waals surface area contributed by atoms with Crippen molar-refractivity contribution in [1.29, 1.82) is 0 Å². The second kappa shape index (κ2) is 8.74. The van der Waals surface area contributed by atoms with E-state index in [1.807, 2.05) is 18.2 Å². The van der Waals surface area contributed by atoms with Gasteiger partial charge in [0.1, 0.15) is 0 Å². The molecule has 0 bridgehead atoms.